The predicted octanol–water partition coefficient (Wildman–Crippen LogP) is 3.36. The summed E-state index contributed by atoms with van der Waals surface area (Å²) in [4.78, 5) is 0. The Morgan fingerprint density at radius 3 is 2.70 bits per heavy atom. The molecule has 0 bridgehead atoms. The van der Waals surface area contributed by atoms with Crippen LogP contribution in [0, 0.1) is 20.8 Å². The molecule has 0 aliphatic heterocycles. The van der Waals surface area contributed by atoms with E-state index < -0.39 is 0 Å². The van der Waals surface area contributed by atoms with Crippen LogP contribution >= 0.6 is 0 Å². The number of hydrogen-bond donors (Lipinski definition) is 1. The average Bonchev–Trinajstić information content (AvgIpc) is 2.76. The van der Waals surface area contributed by atoms with Crippen LogP contribution in [0.15, 0.2) is 24.4 Å². The Kier molecular flexibility index (Phi) is 4.96. The first kappa shape index (κ1) is 14.8. The number of nitrogens with zero attached hydrogens (tertiary/aromatic N) is 2. The van der Waals surface area contributed by atoms with E-state index in [0.29, 0.717) is 0 Å². The Balaban J connectivity index is 2.12. The van der Waals surface area contributed by atoms with Gasteiger partial charge in [0.25, 0.3) is 0 Å². The molecule has 1 aromatic heterocycles. The van der Waals surface area contributed by atoms with Gasteiger partial charge >= 0.3 is 0 Å². The quantitative estimate of drug-likeness (QED) is 0.817. The highest BCUT2D eigenvalue weighted by Gasteiger charge is 2.08. The summed E-state index contributed by atoms with van der Waals surface area (Å²) < 4.78 is 2.10. The summed E-state index contributed by atoms with van der Waals surface area (Å²) in [5, 5.41) is 7.97. The van der Waals surface area contributed by atoms with Crippen LogP contribution in [-0.2, 0) is 13.1 Å². The Morgan fingerprint density at radius 1 is 1.15 bits per heavy atom. The van der Waals surface area contributed by atoms with Crippen LogP contribution in [0.1, 0.15) is 41.3 Å². The lowest BCUT2D eigenvalue weighted by molar-refractivity contribution is 0.649. The average molecular weight is 271 g/mol. The maximum Gasteiger partial charge on any atom is 0.0665 e. The monoisotopic (exact) mass is 271 g/mol. The van der Waals surface area contributed by atoms with Crippen molar-refractivity contribution in [1.29, 1.82) is 0 Å². The summed E-state index contributed by atoms with van der Waals surface area (Å²) in [5.41, 5.74) is 6.54. The van der Waals surface area contributed by atoms with E-state index in [2.05, 4.69) is 61.0 Å². The van der Waals surface area contributed by atoms with Crippen molar-refractivity contribution in [1.82, 2.24) is 15.1 Å². The first-order valence-corrected chi connectivity index (χ1v) is 7.40. The summed E-state index contributed by atoms with van der Waals surface area (Å²) in [5.74, 6) is 0. The van der Waals surface area contributed by atoms with Crippen molar-refractivity contribution in [2.45, 2.75) is 47.2 Å². The molecule has 0 aliphatic carbocycles. The zero-order valence-electron chi connectivity index (χ0n) is 13.0. The Labute approximate surface area is 122 Å². The molecule has 20 heavy (non-hydrogen) atoms. The SMILES string of the molecule is CCCNCc1cnn(Cc2cc(C)ccc2C)c1C. The molecule has 1 aromatic carbocycles. The van der Waals surface area contributed by atoms with Gasteiger partial charge in [0, 0.05) is 17.8 Å². The molecular formula is C17H25N3. The fourth-order valence-electron chi connectivity index (χ4n) is 2.35. The third-order valence-corrected chi connectivity index (χ3v) is 3.77. The highest BCUT2D eigenvalue weighted by atomic mass is 15.3. The second-order valence-corrected chi connectivity index (χ2v) is 5.52. The topological polar surface area (TPSA) is 29.9 Å². The Bertz CT molecular complexity index is 570. The van der Waals surface area contributed by atoms with E-state index in [1.165, 1.54) is 27.9 Å². The number of aryl methyl sites for hydroxylation is 2. The van der Waals surface area contributed by atoms with Crippen molar-refractivity contribution in [2.75, 3.05) is 6.54 Å². The lowest BCUT2D eigenvalue weighted by Crippen LogP contribution is -2.14. The van der Waals surface area contributed by atoms with Gasteiger partial charge in [-0.3, -0.25) is 4.68 Å². The molecular weight excluding hydrogens is 246 g/mol. The molecule has 1 heterocycles. The number of nitrogens with one attached hydrogen (secondary N) is 1. The van der Waals surface area contributed by atoms with Crippen LogP contribution in [-0.4, -0.2) is 16.3 Å². The van der Waals surface area contributed by atoms with Gasteiger partial charge < -0.3 is 5.32 Å². The number of benzene rings is 1. The Morgan fingerprint density at radius 2 is 1.95 bits per heavy atom. The van der Waals surface area contributed by atoms with Gasteiger partial charge in [-0.05, 0) is 44.9 Å². The van der Waals surface area contributed by atoms with Crippen LogP contribution < -0.4 is 5.32 Å². The molecule has 1 N–H and O–H groups in total. The minimum absolute atomic E-state index is 0.854. The van der Waals surface area contributed by atoms with E-state index in [1.807, 2.05) is 6.20 Å². The third kappa shape index (κ3) is 3.48. The number of hydrogen-bond acceptors (Lipinski definition) is 2. The van der Waals surface area contributed by atoms with Gasteiger partial charge in [0.2, 0.25) is 0 Å². The minimum Gasteiger partial charge on any atom is -0.313 e. The van der Waals surface area contributed by atoms with Crippen LogP contribution in [0.5, 0.6) is 0 Å². The van der Waals surface area contributed by atoms with Crippen molar-refractivity contribution >= 4 is 0 Å². The fraction of sp³-hybridized carbons (Fsp3) is 0.471. The lowest BCUT2D eigenvalue weighted by atomic mass is 10.1. The normalized spacial score (nSPS) is 11.0. The highest BCUT2D eigenvalue weighted by Crippen LogP contribution is 2.14. The summed E-state index contributed by atoms with van der Waals surface area (Å²) in [6.45, 7) is 11.5. The van der Waals surface area contributed by atoms with Gasteiger partial charge in [0.1, 0.15) is 0 Å². The van der Waals surface area contributed by atoms with Gasteiger partial charge in [-0.15, -0.1) is 0 Å². The third-order valence-electron chi connectivity index (χ3n) is 3.77. The first-order chi connectivity index (χ1) is 9.61. The van der Waals surface area contributed by atoms with Crippen molar-refractivity contribution in [3.8, 4) is 0 Å². The summed E-state index contributed by atoms with van der Waals surface area (Å²) >= 11 is 0. The molecule has 0 spiro atoms. The predicted molar refractivity (Wildman–Crippen MR) is 84.0 cm³/mol. The standard InChI is InChI=1S/C17H25N3/c1-5-8-18-10-17-11-19-20(15(17)4)12-16-9-13(2)6-7-14(16)3/h6-7,9,11,18H,5,8,10,12H2,1-4H3. The molecule has 0 radical (unpaired) electrons. The zero-order valence-corrected chi connectivity index (χ0v) is 13.0. The van der Waals surface area contributed by atoms with Gasteiger partial charge in [0.15, 0.2) is 0 Å². The molecule has 0 amide bonds. The van der Waals surface area contributed by atoms with Gasteiger partial charge in [-0.25, -0.2) is 0 Å². The van der Waals surface area contributed by atoms with E-state index in [-0.39, 0.29) is 0 Å². The second kappa shape index (κ2) is 6.71. The fourth-order valence-corrected chi connectivity index (χ4v) is 2.35. The molecule has 2 aromatic rings. The van der Waals surface area contributed by atoms with Crippen molar-refractivity contribution in [3.63, 3.8) is 0 Å². The van der Waals surface area contributed by atoms with Crippen LogP contribution in [0.3, 0.4) is 0 Å². The van der Waals surface area contributed by atoms with Crippen LogP contribution in [0.25, 0.3) is 0 Å². The van der Waals surface area contributed by atoms with Gasteiger partial charge in [0.05, 0.1) is 12.7 Å². The van der Waals surface area contributed by atoms with E-state index in [4.69, 9.17) is 0 Å². The molecule has 3 nitrogen and oxygen atoms in total. The maximum absolute atomic E-state index is 4.54. The lowest BCUT2D eigenvalue weighted by Gasteiger charge is -2.10. The van der Waals surface area contributed by atoms with E-state index in [1.54, 1.807) is 0 Å². The van der Waals surface area contributed by atoms with Crippen LogP contribution in [0.4, 0.5) is 0 Å². The molecule has 3 heteroatoms. The van der Waals surface area contributed by atoms with Gasteiger partial charge in [-0.1, -0.05) is 30.7 Å². The second-order valence-electron chi connectivity index (χ2n) is 5.52. The Hall–Kier alpha value is -1.61. The zero-order chi connectivity index (χ0) is 14.5. The highest BCUT2D eigenvalue weighted by molar-refractivity contribution is 5.31. The van der Waals surface area contributed by atoms with E-state index in [0.717, 1.165) is 26.1 Å². The van der Waals surface area contributed by atoms with Crippen LogP contribution in [0.2, 0.25) is 0 Å². The smallest absolute Gasteiger partial charge is 0.0665 e. The summed E-state index contributed by atoms with van der Waals surface area (Å²) in [7, 11) is 0. The molecule has 0 unspecified atom stereocenters. The molecule has 2 rings (SSSR count). The summed E-state index contributed by atoms with van der Waals surface area (Å²) in [6.07, 6.45) is 3.15. The molecule has 0 saturated heterocycles. The number of aromatic nitrogens is 2. The van der Waals surface area contributed by atoms with Crippen molar-refractivity contribution in [2.24, 2.45) is 0 Å². The summed E-state index contributed by atoms with van der Waals surface area (Å²) in [6, 6.07) is 6.60. The van der Waals surface area contributed by atoms with E-state index >= 15 is 0 Å². The van der Waals surface area contributed by atoms with Gasteiger partial charge in [-0.2, -0.15) is 5.10 Å². The molecule has 0 fully saturated rings. The minimum atomic E-state index is 0.854. The molecule has 0 saturated carbocycles. The molecule has 0 atom stereocenters. The maximum atomic E-state index is 4.54. The number of rotatable bonds is 6. The molecule has 0 aliphatic rings. The van der Waals surface area contributed by atoms with Crippen molar-refractivity contribution in [3.05, 3.63) is 52.3 Å². The first-order valence-electron chi connectivity index (χ1n) is 7.40. The molecule has 108 valence electrons. The largest absolute Gasteiger partial charge is 0.313 e. The van der Waals surface area contributed by atoms with Crippen molar-refractivity contribution < 1.29 is 0 Å². The van der Waals surface area contributed by atoms with E-state index in [9.17, 15) is 0 Å².